The number of aryl methyl sites for hydroxylation is 1. The average Bonchev–Trinajstić information content (AvgIpc) is 3.64. The molecule has 0 bridgehead atoms. The van der Waals surface area contributed by atoms with E-state index in [1.54, 1.807) is 6.20 Å². The molecule has 4 heterocycles. The fourth-order valence-electron chi connectivity index (χ4n) is 5.49. The highest BCUT2D eigenvalue weighted by Gasteiger charge is 2.42. The number of benzene rings is 2. The van der Waals surface area contributed by atoms with E-state index in [1.165, 1.54) is 0 Å². The van der Waals surface area contributed by atoms with Crippen molar-refractivity contribution in [2.75, 3.05) is 17.0 Å². The van der Waals surface area contributed by atoms with Crippen LogP contribution in [-0.4, -0.2) is 27.4 Å². The minimum atomic E-state index is -0.224. The number of halogens is 1. The van der Waals surface area contributed by atoms with Gasteiger partial charge in [0.1, 0.15) is 0 Å². The van der Waals surface area contributed by atoms with Gasteiger partial charge in [-0.15, -0.1) is 0 Å². The topological polar surface area (TPSA) is 80.7 Å². The molecule has 0 radical (unpaired) electrons. The van der Waals surface area contributed by atoms with E-state index in [-0.39, 0.29) is 30.7 Å². The van der Waals surface area contributed by atoms with E-state index in [0.29, 0.717) is 15.8 Å². The second kappa shape index (κ2) is 10.7. The largest absolute Gasteiger partial charge is 0.454 e. The smallest absolute Gasteiger partial charge is 0.231 e. The molecular formula is C31H30ClN5O3S. The number of aromatic nitrogens is 2. The molecule has 1 fully saturated rings. The number of carbonyl (C=O) groups is 1. The number of hydrogen-bond donors (Lipinski definition) is 2. The molecule has 2 atom stereocenters. The average molecular weight is 588 g/mol. The summed E-state index contributed by atoms with van der Waals surface area (Å²) >= 11 is 12.6. The summed E-state index contributed by atoms with van der Waals surface area (Å²) in [7, 11) is 0. The van der Waals surface area contributed by atoms with Gasteiger partial charge in [-0.1, -0.05) is 31.5 Å². The number of amides is 1. The summed E-state index contributed by atoms with van der Waals surface area (Å²) in [5.41, 5.74) is 6.46. The zero-order valence-corrected chi connectivity index (χ0v) is 24.7. The second-order valence-corrected chi connectivity index (χ2v) is 11.3. The van der Waals surface area contributed by atoms with Crippen LogP contribution >= 0.6 is 23.8 Å². The molecule has 0 saturated carbocycles. The molecule has 8 nitrogen and oxygen atoms in total. The van der Waals surface area contributed by atoms with Crippen molar-refractivity contribution in [2.45, 2.75) is 39.8 Å². The van der Waals surface area contributed by atoms with Gasteiger partial charge < -0.3 is 29.6 Å². The molecule has 0 aliphatic carbocycles. The number of fused-ring (bicyclic) bond motifs is 1. The van der Waals surface area contributed by atoms with Crippen molar-refractivity contribution < 1.29 is 14.3 Å². The van der Waals surface area contributed by atoms with Crippen LogP contribution in [0.15, 0.2) is 66.9 Å². The second-order valence-electron chi connectivity index (χ2n) is 10.5. The first kappa shape index (κ1) is 27.1. The van der Waals surface area contributed by atoms with Gasteiger partial charge in [0, 0.05) is 40.9 Å². The van der Waals surface area contributed by atoms with Gasteiger partial charge in [0.25, 0.3) is 0 Å². The normalized spacial score (nSPS) is 17.7. The molecular weight excluding hydrogens is 558 g/mol. The van der Waals surface area contributed by atoms with Crippen molar-refractivity contribution in [3.63, 3.8) is 0 Å². The summed E-state index contributed by atoms with van der Waals surface area (Å²) in [6.45, 7) is 8.11. The van der Waals surface area contributed by atoms with E-state index in [2.05, 4.69) is 45.0 Å². The fraction of sp³-hybridized carbons (Fsp3) is 0.258. The monoisotopic (exact) mass is 587 g/mol. The van der Waals surface area contributed by atoms with E-state index < -0.39 is 0 Å². The third kappa shape index (κ3) is 4.89. The number of pyridine rings is 1. The molecule has 41 heavy (non-hydrogen) atoms. The molecule has 0 spiro atoms. The van der Waals surface area contributed by atoms with Crippen LogP contribution in [0.5, 0.6) is 11.5 Å². The van der Waals surface area contributed by atoms with Crippen molar-refractivity contribution in [1.29, 1.82) is 0 Å². The Hall–Kier alpha value is -4.08. The summed E-state index contributed by atoms with van der Waals surface area (Å²) in [6.07, 6.45) is 1.79. The Morgan fingerprint density at radius 1 is 1.07 bits per heavy atom. The Morgan fingerprint density at radius 3 is 2.59 bits per heavy atom. The minimum Gasteiger partial charge on any atom is -0.454 e. The first-order valence-electron chi connectivity index (χ1n) is 13.4. The molecule has 2 aliphatic heterocycles. The lowest BCUT2D eigenvalue weighted by atomic mass is 9.96. The molecule has 210 valence electrons. The number of anilines is 2. The van der Waals surface area contributed by atoms with E-state index in [0.717, 1.165) is 45.5 Å². The van der Waals surface area contributed by atoms with Crippen LogP contribution in [0.25, 0.3) is 5.69 Å². The lowest BCUT2D eigenvalue weighted by Crippen LogP contribution is -2.29. The molecule has 10 heteroatoms. The number of ether oxygens (including phenoxy) is 2. The molecule has 2 aromatic heterocycles. The zero-order chi connectivity index (χ0) is 28.8. The van der Waals surface area contributed by atoms with Crippen molar-refractivity contribution in [3.8, 4) is 17.2 Å². The van der Waals surface area contributed by atoms with Gasteiger partial charge in [-0.2, -0.15) is 0 Å². The molecule has 1 saturated heterocycles. The van der Waals surface area contributed by atoms with E-state index >= 15 is 0 Å². The van der Waals surface area contributed by atoms with Crippen molar-refractivity contribution in [1.82, 2.24) is 14.9 Å². The maximum absolute atomic E-state index is 12.3. The highest BCUT2D eigenvalue weighted by molar-refractivity contribution is 7.80. The molecule has 4 aromatic rings. The number of rotatable bonds is 6. The van der Waals surface area contributed by atoms with Crippen molar-refractivity contribution >= 4 is 46.2 Å². The number of nitrogens with one attached hydrogen (secondary N) is 2. The fourth-order valence-corrected chi connectivity index (χ4v) is 6.06. The van der Waals surface area contributed by atoms with Crippen LogP contribution < -0.4 is 25.0 Å². The summed E-state index contributed by atoms with van der Waals surface area (Å²) in [5, 5.41) is 7.41. The number of hydrogen-bond acceptors (Lipinski definition) is 5. The Labute approximate surface area is 249 Å². The standard InChI is InChI=1S/C31H30ClN5O3S/c1-17(2)30(38)34-24-10-8-20(14-23(24)32)37-29(28(35-31(37)41)25-7-5-6-12-33-25)22-13-18(3)36(19(22)4)21-9-11-26-27(15-21)40-16-39-26/h5-15,17,28-29H,16H2,1-4H3,(H,34,38)(H,35,41)/t28-,29-/m0/s1. The quantitative estimate of drug-likeness (QED) is 0.245. The SMILES string of the molecule is Cc1cc([C@H]2[C@H](c3ccccn3)NC(=S)N2c2ccc(NC(=O)C(C)C)c(Cl)c2)c(C)n1-c1ccc2c(c1)OCO2. The Kier molecular flexibility index (Phi) is 7.09. The minimum absolute atomic E-state index is 0.0953. The molecule has 2 N–H and O–H groups in total. The van der Waals surface area contributed by atoms with Gasteiger partial charge in [-0.05, 0) is 80.2 Å². The number of carbonyl (C=O) groups excluding carboxylic acids is 1. The van der Waals surface area contributed by atoms with Crippen LogP contribution in [-0.2, 0) is 4.79 Å². The van der Waals surface area contributed by atoms with E-state index in [9.17, 15) is 4.79 Å². The summed E-state index contributed by atoms with van der Waals surface area (Å²) < 4.78 is 13.4. The lowest BCUT2D eigenvalue weighted by Gasteiger charge is -2.28. The third-order valence-electron chi connectivity index (χ3n) is 7.51. The molecule has 6 rings (SSSR count). The van der Waals surface area contributed by atoms with Crippen LogP contribution in [0.1, 0.15) is 48.6 Å². The summed E-state index contributed by atoms with van der Waals surface area (Å²) in [4.78, 5) is 19.1. The summed E-state index contributed by atoms with van der Waals surface area (Å²) in [6, 6.07) is 19.2. The maximum atomic E-state index is 12.3. The predicted octanol–water partition coefficient (Wildman–Crippen LogP) is 6.64. The molecule has 1 amide bonds. The highest BCUT2D eigenvalue weighted by Crippen LogP contribution is 2.45. The number of nitrogens with zero attached hydrogens (tertiary/aromatic N) is 3. The van der Waals surface area contributed by atoms with Crippen LogP contribution in [0.4, 0.5) is 11.4 Å². The van der Waals surface area contributed by atoms with Gasteiger partial charge in [0.2, 0.25) is 12.7 Å². The first-order valence-corrected chi connectivity index (χ1v) is 14.2. The molecule has 0 unspecified atom stereocenters. The predicted molar refractivity (Wildman–Crippen MR) is 164 cm³/mol. The van der Waals surface area contributed by atoms with E-state index in [1.807, 2.05) is 68.4 Å². The molecule has 2 aromatic carbocycles. The lowest BCUT2D eigenvalue weighted by molar-refractivity contribution is -0.118. The zero-order valence-electron chi connectivity index (χ0n) is 23.1. The van der Waals surface area contributed by atoms with Crippen LogP contribution in [0.2, 0.25) is 5.02 Å². The third-order valence-corrected chi connectivity index (χ3v) is 8.14. The van der Waals surface area contributed by atoms with Crippen molar-refractivity contribution in [3.05, 3.63) is 94.5 Å². The van der Waals surface area contributed by atoms with Gasteiger partial charge in [-0.25, -0.2) is 0 Å². The van der Waals surface area contributed by atoms with Gasteiger partial charge in [0.15, 0.2) is 16.6 Å². The van der Waals surface area contributed by atoms with Crippen molar-refractivity contribution in [2.24, 2.45) is 5.92 Å². The van der Waals surface area contributed by atoms with Crippen LogP contribution in [0.3, 0.4) is 0 Å². The van der Waals surface area contributed by atoms with Gasteiger partial charge in [-0.3, -0.25) is 9.78 Å². The molecule has 2 aliphatic rings. The first-order chi connectivity index (χ1) is 19.7. The Bertz CT molecular complexity index is 1660. The van der Waals surface area contributed by atoms with Gasteiger partial charge >= 0.3 is 0 Å². The maximum Gasteiger partial charge on any atom is 0.231 e. The highest BCUT2D eigenvalue weighted by atomic mass is 35.5. The Morgan fingerprint density at radius 2 is 1.85 bits per heavy atom. The summed E-state index contributed by atoms with van der Waals surface area (Å²) in [5.74, 6) is 1.22. The Balaban J connectivity index is 1.44. The number of thiocarbonyl (C=S) groups is 1. The van der Waals surface area contributed by atoms with Gasteiger partial charge in [0.05, 0.1) is 28.5 Å². The van der Waals surface area contributed by atoms with Crippen LogP contribution in [0, 0.1) is 19.8 Å². The van der Waals surface area contributed by atoms with E-state index in [4.69, 9.17) is 33.3 Å².